The summed E-state index contributed by atoms with van der Waals surface area (Å²) < 4.78 is 17.9. The number of carbonyl (C=O) groups excluding carboxylic acids is 2. The highest BCUT2D eigenvalue weighted by molar-refractivity contribution is 9.10. The van der Waals surface area contributed by atoms with Gasteiger partial charge in [-0.2, -0.15) is 0 Å². The fourth-order valence-corrected chi connectivity index (χ4v) is 2.22. The average Bonchev–Trinajstić information content (AvgIpc) is 2.44. The summed E-state index contributed by atoms with van der Waals surface area (Å²) in [5, 5.41) is 0.390. The van der Waals surface area contributed by atoms with E-state index in [1.165, 1.54) is 30.3 Å². The lowest BCUT2D eigenvalue weighted by atomic mass is 10.2. The summed E-state index contributed by atoms with van der Waals surface area (Å²) in [4.78, 5) is 23.7. The third kappa shape index (κ3) is 3.81. The number of halogens is 4. The molecular formula is C14H6BrCl2FO3. The van der Waals surface area contributed by atoms with Crippen molar-refractivity contribution in [2.24, 2.45) is 0 Å². The van der Waals surface area contributed by atoms with Crippen molar-refractivity contribution >= 4 is 51.1 Å². The number of ether oxygens (including phenoxy) is 1. The summed E-state index contributed by atoms with van der Waals surface area (Å²) in [6, 6.07) is 7.70. The third-order valence-corrected chi connectivity index (χ3v) is 3.66. The van der Waals surface area contributed by atoms with Gasteiger partial charge < -0.3 is 4.74 Å². The van der Waals surface area contributed by atoms with E-state index in [1.54, 1.807) is 0 Å². The molecule has 0 aliphatic heterocycles. The lowest BCUT2D eigenvalue weighted by Gasteiger charge is -2.06. The van der Waals surface area contributed by atoms with Crippen LogP contribution in [0.15, 0.2) is 40.9 Å². The first-order chi connectivity index (χ1) is 9.88. The van der Waals surface area contributed by atoms with Gasteiger partial charge in [0.05, 0.1) is 20.6 Å². The minimum Gasteiger partial charge on any atom is -0.386 e. The van der Waals surface area contributed by atoms with E-state index >= 15 is 0 Å². The molecule has 7 heteroatoms. The molecule has 2 aromatic carbocycles. The molecule has 0 bridgehead atoms. The van der Waals surface area contributed by atoms with Gasteiger partial charge in [-0.3, -0.25) is 0 Å². The van der Waals surface area contributed by atoms with Crippen LogP contribution in [0.2, 0.25) is 10.0 Å². The first-order valence-electron chi connectivity index (χ1n) is 5.55. The number of hydrogen-bond donors (Lipinski definition) is 0. The first-order valence-corrected chi connectivity index (χ1v) is 7.10. The van der Waals surface area contributed by atoms with E-state index in [4.69, 9.17) is 23.2 Å². The second kappa shape index (κ2) is 6.56. The standard InChI is InChI=1S/C14H6BrCl2FO3/c15-10-5-7(1-4-12(10)18)13(19)21-14(20)9-6-8(16)2-3-11(9)17/h1-6H. The summed E-state index contributed by atoms with van der Waals surface area (Å²) in [7, 11) is 0. The van der Waals surface area contributed by atoms with E-state index in [0.29, 0.717) is 0 Å². The van der Waals surface area contributed by atoms with E-state index in [-0.39, 0.29) is 25.6 Å². The molecule has 108 valence electrons. The molecule has 0 saturated heterocycles. The van der Waals surface area contributed by atoms with Gasteiger partial charge >= 0.3 is 11.9 Å². The lowest BCUT2D eigenvalue weighted by Crippen LogP contribution is -2.13. The molecule has 0 aliphatic rings. The molecule has 21 heavy (non-hydrogen) atoms. The predicted octanol–water partition coefficient (Wildman–Crippen LogP) is 4.89. The molecule has 2 aromatic rings. The van der Waals surface area contributed by atoms with Crippen molar-refractivity contribution in [1.29, 1.82) is 0 Å². The second-order valence-electron chi connectivity index (χ2n) is 3.93. The van der Waals surface area contributed by atoms with Crippen LogP contribution in [0.4, 0.5) is 4.39 Å². The summed E-state index contributed by atoms with van der Waals surface area (Å²) in [5.41, 5.74) is -0.00605. The first kappa shape index (κ1) is 15.9. The van der Waals surface area contributed by atoms with Crippen LogP contribution in [0.5, 0.6) is 0 Å². The number of rotatable bonds is 2. The van der Waals surface area contributed by atoms with Crippen molar-refractivity contribution in [3.05, 3.63) is 67.9 Å². The second-order valence-corrected chi connectivity index (χ2v) is 5.63. The minimum atomic E-state index is -0.937. The van der Waals surface area contributed by atoms with Crippen LogP contribution in [0.3, 0.4) is 0 Å². The Bertz CT molecular complexity index is 734. The fraction of sp³-hybridized carbons (Fsp3) is 0. The Morgan fingerprint density at radius 1 is 1.05 bits per heavy atom. The Kier molecular flexibility index (Phi) is 4.98. The maximum Gasteiger partial charge on any atom is 0.347 e. The number of esters is 2. The summed E-state index contributed by atoms with van der Waals surface area (Å²) >= 11 is 14.5. The van der Waals surface area contributed by atoms with E-state index in [9.17, 15) is 14.0 Å². The number of benzene rings is 2. The maximum absolute atomic E-state index is 13.1. The highest BCUT2D eigenvalue weighted by Crippen LogP contribution is 2.22. The van der Waals surface area contributed by atoms with E-state index in [0.717, 1.165) is 6.07 Å². The highest BCUT2D eigenvalue weighted by atomic mass is 79.9. The van der Waals surface area contributed by atoms with Gasteiger partial charge in [0.1, 0.15) is 5.82 Å². The van der Waals surface area contributed by atoms with Crippen LogP contribution in [0.25, 0.3) is 0 Å². The molecule has 0 aromatic heterocycles. The summed E-state index contributed by atoms with van der Waals surface area (Å²) in [6.45, 7) is 0. The maximum atomic E-state index is 13.1. The van der Waals surface area contributed by atoms with Crippen molar-refractivity contribution < 1.29 is 18.7 Å². The van der Waals surface area contributed by atoms with Crippen LogP contribution in [-0.4, -0.2) is 11.9 Å². The van der Waals surface area contributed by atoms with Gasteiger partial charge in [-0.05, 0) is 52.3 Å². The van der Waals surface area contributed by atoms with Crippen LogP contribution in [0, 0.1) is 5.82 Å². The van der Waals surface area contributed by atoms with Gasteiger partial charge in [0.15, 0.2) is 0 Å². The Morgan fingerprint density at radius 2 is 1.76 bits per heavy atom. The zero-order chi connectivity index (χ0) is 15.6. The molecule has 0 aliphatic carbocycles. The highest BCUT2D eigenvalue weighted by Gasteiger charge is 2.18. The van der Waals surface area contributed by atoms with Gasteiger partial charge in [0.2, 0.25) is 0 Å². The Morgan fingerprint density at radius 3 is 2.43 bits per heavy atom. The number of carbonyl (C=O) groups is 2. The average molecular weight is 392 g/mol. The predicted molar refractivity (Wildman–Crippen MR) is 80.3 cm³/mol. The van der Waals surface area contributed by atoms with Gasteiger partial charge in [-0.25, -0.2) is 14.0 Å². The van der Waals surface area contributed by atoms with E-state index in [1.807, 2.05) is 0 Å². The zero-order valence-electron chi connectivity index (χ0n) is 10.2. The van der Waals surface area contributed by atoms with Gasteiger partial charge in [-0.15, -0.1) is 0 Å². The largest absolute Gasteiger partial charge is 0.386 e. The SMILES string of the molecule is O=C(OC(=O)c1cc(Cl)ccc1Cl)c1ccc(F)c(Br)c1. The number of hydrogen-bond acceptors (Lipinski definition) is 3. The molecule has 0 heterocycles. The molecule has 0 atom stereocenters. The summed E-state index contributed by atoms with van der Waals surface area (Å²) in [5.74, 6) is -2.39. The van der Waals surface area contributed by atoms with Crippen LogP contribution >= 0.6 is 39.1 Å². The van der Waals surface area contributed by atoms with Crippen molar-refractivity contribution in [3.63, 3.8) is 0 Å². The van der Waals surface area contributed by atoms with Crippen molar-refractivity contribution in [2.75, 3.05) is 0 Å². The van der Waals surface area contributed by atoms with E-state index in [2.05, 4.69) is 20.7 Å². The van der Waals surface area contributed by atoms with Gasteiger partial charge in [0.25, 0.3) is 0 Å². The molecule has 3 nitrogen and oxygen atoms in total. The van der Waals surface area contributed by atoms with Crippen molar-refractivity contribution in [1.82, 2.24) is 0 Å². The fourth-order valence-electron chi connectivity index (χ4n) is 1.48. The Balaban J connectivity index is 2.20. The topological polar surface area (TPSA) is 43.4 Å². The molecule has 0 radical (unpaired) electrons. The minimum absolute atomic E-state index is 0.0229. The molecule has 2 rings (SSSR count). The Hall–Kier alpha value is -1.43. The van der Waals surface area contributed by atoms with E-state index < -0.39 is 17.8 Å². The molecule has 0 saturated carbocycles. The van der Waals surface area contributed by atoms with Crippen molar-refractivity contribution in [3.8, 4) is 0 Å². The summed E-state index contributed by atoms with van der Waals surface area (Å²) in [6.07, 6.45) is 0. The zero-order valence-corrected chi connectivity index (χ0v) is 13.3. The van der Waals surface area contributed by atoms with Gasteiger partial charge in [-0.1, -0.05) is 23.2 Å². The molecule has 0 amide bonds. The van der Waals surface area contributed by atoms with Gasteiger partial charge in [0, 0.05) is 5.02 Å². The van der Waals surface area contributed by atoms with Crippen LogP contribution in [-0.2, 0) is 4.74 Å². The molecule has 0 fully saturated rings. The molecule has 0 N–H and O–H groups in total. The quantitative estimate of drug-likeness (QED) is 0.540. The molecule has 0 spiro atoms. The normalized spacial score (nSPS) is 10.3. The van der Waals surface area contributed by atoms with Crippen molar-refractivity contribution in [2.45, 2.75) is 0 Å². The smallest absolute Gasteiger partial charge is 0.347 e. The van der Waals surface area contributed by atoms with Crippen LogP contribution < -0.4 is 0 Å². The monoisotopic (exact) mass is 390 g/mol. The third-order valence-electron chi connectivity index (χ3n) is 2.49. The lowest BCUT2D eigenvalue weighted by molar-refractivity contribution is 0.0398. The molecule has 0 unspecified atom stereocenters. The Labute approximate surface area is 137 Å². The molecular weight excluding hydrogens is 386 g/mol. The van der Waals surface area contributed by atoms with Crippen LogP contribution in [0.1, 0.15) is 20.7 Å².